The Morgan fingerprint density at radius 3 is 2.82 bits per heavy atom. The fourth-order valence-electron chi connectivity index (χ4n) is 1.15. The standard InChI is InChI=1S/C10H7ClN4O2/c11-8-4-14-9(5-13-8)15-10(17)6-3-12-2-1-7(6)16/h1-5H,(H,12,16)(H,14,15,17). The first-order valence-corrected chi connectivity index (χ1v) is 5.00. The van der Waals surface area contributed by atoms with Gasteiger partial charge in [-0.25, -0.2) is 9.97 Å². The molecule has 0 aliphatic heterocycles. The molecule has 0 spiro atoms. The Kier molecular flexibility index (Phi) is 3.15. The number of nitrogens with zero attached hydrogens (tertiary/aromatic N) is 2. The molecule has 2 aromatic heterocycles. The number of carbonyl (C=O) groups is 1. The van der Waals surface area contributed by atoms with E-state index in [2.05, 4.69) is 20.3 Å². The highest BCUT2D eigenvalue weighted by Gasteiger charge is 2.10. The van der Waals surface area contributed by atoms with Crippen molar-refractivity contribution in [1.29, 1.82) is 0 Å². The van der Waals surface area contributed by atoms with Crippen molar-refractivity contribution >= 4 is 23.3 Å². The van der Waals surface area contributed by atoms with Gasteiger partial charge in [0.25, 0.3) is 5.91 Å². The Hall–Kier alpha value is -2.21. The van der Waals surface area contributed by atoms with Gasteiger partial charge in [0.05, 0.1) is 12.4 Å². The molecule has 1 amide bonds. The summed E-state index contributed by atoms with van der Waals surface area (Å²) >= 11 is 5.55. The molecular weight excluding hydrogens is 244 g/mol. The Labute approximate surface area is 101 Å². The van der Waals surface area contributed by atoms with Gasteiger partial charge in [-0.3, -0.25) is 9.59 Å². The highest BCUT2D eigenvalue weighted by Crippen LogP contribution is 2.05. The van der Waals surface area contributed by atoms with Gasteiger partial charge in [-0.05, 0) is 0 Å². The second-order valence-electron chi connectivity index (χ2n) is 3.10. The van der Waals surface area contributed by atoms with Gasteiger partial charge in [0.2, 0.25) is 0 Å². The molecule has 86 valence electrons. The third-order valence-electron chi connectivity index (χ3n) is 1.93. The fourth-order valence-corrected chi connectivity index (χ4v) is 1.25. The van der Waals surface area contributed by atoms with Crippen LogP contribution in [0.25, 0.3) is 0 Å². The second-order valence-corrected chi connectivity index (χ2v) is 3.49. The smallest absolute Gasteiger partial charge is 0.262 e. The van der Waals surface area contributed by atoms with E-state index in [1.165, 1.54) is 30.9 Å². The van der Waals surface area contributed by atoms with E-state index in [1.54, 1.807) is 0 Å². The van der Waals surface area contributed by atoms with Crippen molar-refractivity contribution in [2.24, 2.45) is 0 Å². The Bertz CT molecular complexity index is 594. The number of aromatic amines is 1. The highest BCUT2D eigenvalue weighted by atomic mass is 35.5. The van der Waals surface area contributed by atoms with Gasteiger partial charge in [-0.15, -0.1) is 0 Å². The lowest BCUT2D eigenvalue weighted by Crippen LogP contribution is -2.21. The maximum atomic E-state index is 11.7. The van der Waals surface area contributed by atoms with E-state index < -0.39 is 5.91 Å². The zero-order valence-electron chi connectivity index (χ0n) is 8.48. The average Bonchev–Trinajstić information content (AvgIpc) is 2.32. The van der Waals surface area contributed by atoms with E-state index in [-0.39, 0.29) is 22.0 Å². The molecule has 2 heterocycles. The quantitative estimate of drug-likeness (QED) is 0.835. The number of carbonyl (C=O) groups excluding carboxylic acids is 1. The van der Waals surface area contributed by atoms with Crippen LogP contribution in [0.1, 0.15) is 10.4 Å². The summed E-state index contributed by atoms with van der Waals surface area (Å²) in [6, 6.07) is 1.27. The van der Waals surface area contributed by atoms with Crippen LogP contribution in [-0.2, 0) is 0 Å². The van der Waals surface area contributed by atoms with E-state index in [0.29, 0.717) is 0 Å². The summed E-state index contributed by atoms with van der Waals surface area (Å²) in [5.74, 6) is -0.328. The molecule has 0 fully saturated rings. The lowest BCUT2D eigenvalue weighted by atomic mass is 10.2. The minimum Gasteiger partial charge on any atom is -0.367 e. The number of pyridine rings is 1. The number of hydrogen-bond acceptors (Lipinski definition) is 4. The largest absolute Gasteiger partial charge is 0.367 e. The molecule has 0 atom stereocenters. The third-order valence-corrected chi connectivity index (χ3v) is 2.13. The molecule has 0 bridgehead atoms. The van der Waals surface area contributed by atoms with E-state index in [9.17, 15) is 9.59 Å². The number of anilines is 1. The first-order chi connectivity index (χ1) is 8.16. The van der Waals surface area contributed by atoms with Gasteiger partial charge in [0.1, 0.15) is 10.7 Å². The van der Waals surface area contributed by atoms with Crippen LogP contribution in [-0.4, -0.2) is 20.9 Å². The number of halogens is 1. The van der Waals surface area contributed by atoms with Gasteiger partial charge >= 0.3 is 0 Å². The monoisotopic (exact) mass is 250 g/mol. The summed E-state index contributed by atoms with van der Waals surface area (Å²) in [6.07, 6.45) is 5.37. The number of rotatable bonds is 2. The summed E-state index contributed by atoms with van der Waals surface area (Å²) in [5, 5.41) is 2.66. The van der Waals surface area contributed by atoms with E-state index >= 15 is 0 Å². The molecule has 2 aromatic rings. The summed E-state index contributed by atoms with van der Waals surface area (Å²) in [5.41, 5.74) is -0.368. The van der Waals surface area contributed by atoms with Crippen molar-refractivity contribution < 1.29 is 4.79 Å². The molecule has 6 nitrogen and oxygen atoms in total. The van der Waals surface area contributed by atoms with Crippen LogP contribution in [0.3, 0.4) is 0 Å². The second kappa shape index (κ2) is 4.75. The van der Waals surface area contributed by atoms with Crippen LogP contribution < -0.4 is 10.7 Å². The van der Waals surface area contributed by atoms with Crippen LogP contribution in [0, 0.1) is 0 Å². The summed E-state index contributed by atoms with van der Waals surface area (Å²) in [4.78, 5) is 33.3. The molecule has 0 aliphatic carbocycles. The molecule has 0 aromatic carbocycles. The minimum absolute atomic E-state index is 0.00394. The van der Waals surface area contributed by atoms with Crippen LogP contribution >= 0.6 is 11.6 Å². The number of H-pyrrole nitrogens is 1. The Balaban J connectivity index is 2.20. The summed E-state index contributed by atoms with van der Waals surface area (Å²) in [7, 11) is 0. The summed E-state index contributed by atoms with van der Waals surface area (Å²) in [6.45, 7) is 0. The minimum atomic E-state index is -0.552. The van der Waals surface area contributed by atoms with Crippen molar-refractivity contribution in [1.82, 2.24) is 15.0 Å². The van der Waals surface area contributed by atoms with Gasteiger partial charge in [-0.1, -0.05) is 11.6 Å². The van der Waals surface area contributed by atoms with Crippen molar-refractivity contribution in [3.05, 3.63) is 51.8 Å². The molecule has 7 heteroatoms. The zero-order chi connectivity index (χ0) is 12.3. The number of aromatic nitrogens is 3. The molecule has 0 unspecified atom stereocenters. The SMILES string of the molecule is O=C(Nc1cnc(Cl)cn1)c1c[nH]ccc1=O. The molecule has 0 saturated carbocycles. The maximum Gasteiger partial charge on any atom is 0.262 e. The topological polar surface area (TPSA) is 87.7 Å². The Morgan fingerprint density at radius 1 is 1.35 bits per heavy atom. The predicted molar refractivity (Wildman–Crippen MR) is 62.1 cm³/mol. The lowest BCUT2D eigenvalue weighted by molar-refractivity contribution is 0.102. The van der Waals surface area contributed by atoms with Crippen LogP contribution in [0.15, 0.2) is 35.6 Å². The first kappa shape index (κ1) is 11.3. The third kappa shape index (κ3) is 2.67. The number of amides is 1. The molecule has 2 rings (SSSR count). The average molecular weight is 251 g/mol. The van der Waals surface area contributed by atoms with Crippen LogP contribution in [0.2, 0.25) is 5.15 Å². The molecule has 0 saturated heterocycles. The van der Waals surface area contributed by atoms with Crippen LogP contribution in [0.4, 0.5) is 5.82 Å². The van der Waals surface area contributed by atoms with Gasteiger partial charge in [0.15, 0.2) is 11.2 Å². The molecule has 17 heavy (non-hydrogen) atoms. The van der Waals surface area contributed by atoms with Gasteiger partial charge < -0.3 is 10.3 Å². The molecule has 0 aliphatic rings. The number of hydrogen-bond donors (Lipinski definition) is 2. The lowest BCUT2D eigenvalue weighted by Gasteiger charge is -2.02. The first-order valence-electron chi connectivity index (χ1n) is 4.63. The maximum absolute atomic E-state index is 11.7. The molecular formula is C10H7ClN4O2. The number of nitrogens with one attached hydrogen (secondary N) is 2. The van der Waals surface area contributed by atoms with Gasteiger partial charge in [-0.2, -0.15) is 0 Å². The Morgan fingerprint density at radius 2 is 2.18 bits per heavy atom. The van der Waals surface area contributed by atoms with E-state index in [4.69, 9.17) is 11.6 Å². The molecule has 0 radical (unpaired) electrons. The van der Waals surface area contributed by atoms with Crippen molar-refractivity contribution in [3.8, 4) is 0 Å². The van der Waals surface area contributed by atoms with Gasteiger partial charge in [0, 0.05) is 18.5 Å². The van der Waals surface area contributed by atoms with E-state index in [0.717, 1.165) is 0 Å². The van der Waals surface area contributed by atoms with Crippen molar-refractivity contribution in [2.75, 3.05) is 5.32 Å². The zero-order valence-corrected chi connectivity index (χ0v) is 9.23. The predicted octanol–water partition coefficient (Wildman–Crippen LogP) is 1.07. The van der Waals surface area contributed by atoms with E-state index in [1.807, 2.05) is 0 Å². The molecule has 2 N–H and O–H groups in total. The van der Waals surface area contributed by atoms with Crippen molar-refractivity contribution in [3.63, 3.8) is 0 Å². The summed E-state index contributed by atoms with van der Waals surface area (Å²) < 4.78 is 0. The normalized spacial score (nSPS) is 9.94. The fraction of sp³-hybridized carbons (Fsp3) is 0. The van der Waals surface area contributed by atoms with Crippen LogP contribution in [0.5, 0.6) is 0 Å². The van der Waals surface area contributed by atoms with Crippen molar-refractivity contribution in [2.45, 2.75) is 0 Å². The highest BCUT2D eigenvalue weighted by molar-refractivity contribution is 6.29.